The number of nitrogens with zero attached hydrogens (tertiary/aromatic N) is 4. The van der Waals surface area contributed by atoms with Crippen LogP contribution < -0.4 is 0 Å². The van der Waals surface area contributed by atoms with Crippen molar-refractivity contribution in [1.82, 2.24) is 19.9 Å². The third-order valence-electron chi connectivity index (χ3n) is 4.01. The van der Waals surface area contributed by atoms with E-state index in [1.807, 2.05) is 6.07 Å². The molecule has 0 fully saturated rings. The quantitative estimate of drug-likeness (QED) is 0.375. The van der Waals surface area contributed by atoms with Gasteiger partial charge in [-0.15, -0.1) is 0 Å². The highest BCUT2D eigenvalue weighted by molar-refractivity contribution is 6.35. The summed E-state index contributed by atoms with van der Waals surface area (Å²) in [7, 11) is 0. The standard InChI is InChI=1S/C19H17Cl3N4O3/c1-10-15(6-7-17(27)28-11(2)19-23-12(3)25-29-19)18(22)26(24-10)9-13-4-5-14(20)8-16(13)21/h4-8,11H,9H2,1-3H3/b7-6+. The molecule has 2 heterocycles. The molecule has 0 bridgehead atoms. The summed E-state index contributed by atoms with van der Waals surface area (Å²) >= 11 is 18.6. The Balaban J connectivity index is 1.71. The molecule has 0 saturated heterocycles. The first kappa shape index (κ1) is 21.4. The minimum Gasteiger partial charge on any atom is -0.449 e. The SMILES string of the molecule is Cc1noc(C(C)OC(=O)/C=C/c2c(C)nn(Cc3ccc(Cl)cc3Cl)c2Cl)n1. The Morgan fingerprint density at radius 1 is 1.31 bits per heavy atom. The van der Waals surface area contributed by atoms with E-state index in [9.17, 15) is 4.79 Å². The van der Waals surface area contributed by atoms with Crippen molar-refractivity contribution in [3.05, 3.63) is 68.0 Å². The lowest BCUT2D eigenvalue weighted by molar-refractivity contribution is -0.143. The number of esters is 1. The molecular weight excluding hydrogens is 439 g/mol. The molecule has 29 heavy (non-hydrogen) atoms. The summed E-state index contributed by atoms with van der Waals surface area (Å²) in [6.45, 7) is 5.48. The van der Waals surface area contributed by atoms with Crippen LogP contribution in [0.4, 0.5) is 0 Å². The van der Waals surface area contributed by atoms with Crippen LogP contribution in [0.2, 0.25) is 15.2 Å². The molecule has 0 saturated carbocycles. The molecule has 0 aliphatic rings. The average molecular weight is 456 g/mol. The van der Waals surface area contributed by atoms with E-state index < -0.39 is 12.1 Å². The zero-order chi connectivity index (χ0) is 21.1. The molecule has 3 aromatic rings. The maximum absolute atomic E-state index is 12.1. The van der Waals surface area contributed by atoms with Gasteiger partial charge in [0.2, 0.25) is 0 Å². The number of benzene rings is 1. The van der Waals surface area contributed by atoms with E-state index in [1.54, 1.807) is 43.7 Å². The van der Waals surface area contributed by atoms with Gasteiger partial charge in [-0.2, -0.15) is 10.1 Å². The van der Waals surface area contributed by atoms with Gasteiger partial charge in [0.15, 0.2) is 11.9 Å². The summed E-state index contributed by atoms with van der Waals surface area (Å²) in [5, 5.41) is 9.53. The number of hydrogen-bond acceptors (Lipinski definition) is 6. The van der Waals surface area contributed by atoms with Crippen molar-refractivity contribution in [1.29, 1.82) is 0 Å². The minimum absolute atomic E-state index is 0.228. The van der Waals surface area contributed by atoms with E-state index >= 15 is 0 Å². The van der Waals surface area contributed by atoms with E-state index in [2.05, 4.69) is 15.2 Å². The molecule has 152 valence electrons. The summed E-state index contributed by atoms with van der Waals surface area (Å²) in [5.41, 5.74) is 2.08. The highest BCUT2D eigenvalue weighted by Gasteiger charge is 2.17. The van der Waals surface area contributed by atoms with Crippen LogP contribution in [0.1, 0.15) is 41.6 Å². The first-order chi connectivity index (χ1) is 13.7. The van der Waals surface area contributed by atoms with Crippen LogP contribution in [-0.4, -0.2) is 25.9 Å². The van der Waals surface area contributed by atoms with Crippen LogP contribution in [0, 0.1) is 13.8 Å². The topological polar surface area (TPSA) is 83.0 Å². The molecule has 0 spiro atoms. The summed E-state index contributed by atoms with van der Waals surface area (Å²) in [4.78, 5) is 16.1. The second-order valence-electron chi connectivity index (χ2n) is 6.28. The molecule has 1 atom stereocenters. The summed E-state index contributed by atoms with van der Waals surface area (Å²) in [6, 6.07) is 5.22. The average Bonchev–Trinajstić information content (AvgIpc) is 3.19. The van der Waals surface area contributed by atoms with Gasteiger partial charge in [0.25, 0.3) is 5.89 Å². The Morgan fingerprint density at radius 3 is 2.72 bits per heavy atom. The summed E-state index contributed by atoms with van der Waals surface area (Å²) in [5.74, 6) is 0.123. The molecule has 0 radical (unpaired) electrons. The molecule has 0 aliphatic heterocycles. The molecule has 0 amide bonds. The zero-order valence-corrected chi connectivity index (χ0v) is 18.1. The van der Waals surface area contributed by atoms with E-state index in [0.29, 0.717) is 38.8 Å². The van der Waals surface area contributed by atoms with Gasteiger partial charge in [-0.05, 0) is 44.5 Å². The fourth-order valence-corrected chi connectivity index (χ4v) is 3.33. The van der Waals surface area contributed by atoms with Crippen LogP contribution in [0.5, 0.6) is 0 Å². The van der Waals surface area contributed by atoms with E-state index in [0.717, 1.165) is 5.56 Å². The predicted molar refractivity (Wildman–Crippen MR) is 110 cm³/mol. The molecule has 7 nitrogen and oxygen atoms in total. The Bertz CT molecular complexity index is 1070. The van der Waals surface area contributed by atoms with Gasteiger partial charge in [0, 0.05) is 21.7 Å². The van der Waals surface area contributed by atoms with Crippen molar-refractivity contribution in [2.24, 2.45) is 0 Å². The highest BCUT2D eigenvalue weighted by Crippen LogP contribution is 2.26. The van der Waals surface area contributed by atoms with Crippen molar-refractivity contribution in [2.75, 3.05) is 0 Å². The van der Waals surface area contributed by atoms with Gasteiger partial charge in [-0.3, -0.25) is 0 Å². The highest BCUT2D eigenvalue weighted by atomic mass is 35.5. The number of aromatic nitrogens is 4. The zero-order valence-electron chi connectivity index (χ0n) is 15.8. The first-order valence-corrected chi connectivity index (χ1v) is 9.73. The van der Waals surface area contributed by atoms with Crippen LogP contribution >= 0.6 is 34.8 Å². The minimum atomic E-state index is -0.667. The number of carbonyl (C=O) groups excluding carboxylic acids is 1. The Hall–Kier alpha value is -2.35. The fourth-order valence-electron chi connectivity index (χ4n) is 2.57. The van der Waals surface area contributed by atoms with Crippen molar-refractivity contribution in [3.8, 4) is 0 Å². The monoisotopic (exact) mass is 454 g/mol. The maximum atomic E-state index is 12.1. The Labute approximate surface area is 182 Å². The second kappa shape index (κ2) is 8.98. The smallest absolute Gasteiger partial charge is 0.331 e. The van der Waals surface area contributed by atoms with Gasteiger partial charge < -0.3 is 9.26 Å². The molecule has 1 unspecified atom stereocenters. The lowest BCUT2D eigenvalue weighted by Crippen LogP contribution is -2.06. The molecule has 0 aliphatic carbocycles. The van der Waals surface area contributed by atoms with Gasteiger partial charge in [-0.1, -0.05) is 46.0 Å². The molecule has 2 aromatic heterocycles. The predicted octanol–water partition coefficient (Wildman–Crippen LogP) is 5.21. The Kier molecular flexibility index (Phi) is 6.62. The number of hydrogen-bond donors (Lipinski definition) is 0. The van der Waals surface area contributed by atoms with E-state index in [-0.39, 0.29) is 5.89 Å². The summed E-state index contributed by atoms with van der Waals surface area (Å²) < 4.78 is 11.8. The molecule has 10 heteroatoms. The number of carbonyl (C=O) groups is 1. The number of halogens is 3. The Morgan fingerprint density at radius 2 is 2.07 bits per heavy atom. The number of rotatable bonds is 6. The van der Waals surface area contributed by atoms with Gasteiger partial charge >= 0.3 is 5.97 Å². The number of ether oxygens (including phenoxy) is 1. The lowest BCUT2D eigenvalue weighted by Gasteiger charge is -2.07. The summed E-state index contributed by atoms with van der Waals surface area (Å²) in [6.07, 6.45) is 2.16. The van der Waals surface area contributed by atoms with Crippen molar-refractivity contribution < 1.29 is 14.1 Å². The third kappa shape index (κ3) is 5.18. The van der Waals surface area contributed by atoms with Crippen molar-refractivity contribution >= 4 is 46.8 Å². The van der Waals surface area contributed by atoms with E-state index in [1.165, 1.54) is 6.08 Å². The maximum Gasteiger partial charge on any atom is 0.331 e. The van der Waals surface area contributed by atoms with Crippen molar-refractivity contribution in [2.45, 2.75) is 33.4 Å². The fraction of sp³-hybridized carbons (Fsp3) is 0.263. The van der Waals surface area contributed by atoms with Gasteiger partial charge in [0.1, 0.15) is 5.15 Å². The lowest BCUT2D eigenvalue weighted by atomic mass is 10.2. The van der Waals surface area contributed by atoms with Crippen LogP contribution in [-0.2, 0) is 16.1 Å². The van der Waals surface area contributed by atoms with E-state index in [4.69, 9.17) is 44.1 Å². The van der Waals surface area contributed by atoms with Crippen LogP contribution in [0.15, 0.2) is 28.8 Å². The largest absolute Gasteiger partial charge is 0.449 e. The molecule has 0 N–H and O–H groups in total. The molecule has 1 aromatic carbocycles. The van der Waals surface area contributed by atoms with Crippen LogP contribution in [0.3, 0.4) is 0 Å². The normalized spacial score (nSPS) is 12.5. The molecule has 3 rings (SSSR count). The van der Waals surface area contributed by atoms with Gasteiger partial charge in [-0.25, -0.2) is 9.48 Å². The van der Waals surface area contributed by atoms with Crippen LogP contribution in [0.25, 0.3) is 6.08 Å². The number of aryl methyl sites for hydroxylation is 2. The van der Waals surface area contributed by atoms with Crippen molar-refractivity contribution in [3.63, 3.8) is 0 Å². The van der Waals surface area contributed by atoms with Gasteiger partial charge in [0.05, 0.1) is 12.2 Å². The molecular formula is C19H17Cl3N4O3. The second-order valence-corrected chi connectivity index (χ2v) is 7.48. The first-order valence-electron chi connectivity index (χ1n) is 8.60. The third-order valence-corrected chi connectivity index (χ3v) is 5.00.